The van der Waals surface area contributed by atoms with Gasteiger partial charge in [-0.3, -0.25) is 0 Å². The Bertz CT molecular complexity index is 115. The molecule has 0 aliphatic carbocycles. The van der Waals surface area contributed by atoms with E-state index in [4.69, 9.17) is 15.2 Å². The Balaban J connectivity index is 3.83. The summed E-state index contributed by atoms with van der Waals surface area (Å²) < 4.78 is 10.3. The van der Waals surface area contributed by atoms with Gasteiger partial charge in [-0.2, -0.15) is 0 Å². The van der Waals surface area contributed by atoms with Crippen LogP contribution in [0.4, 0.5) is 0 Å². The molecule has 0 aromatic rings. The van der Waals surface area contributed by atoms with Crippen LogP contribution < -0.4 is 5.73 Å². The van der Waals surface area contributed by atoms with Crippen LogP contribution >= 0.6 is 0 Å². The average molecular weight is 189 g/mol. The second-order valence-corrected chi connectivity index (χ2v) is 3.52. The molecule has 0 saturated carbocycles. The van der Waals surface area contributed by atoms with Gasteiger partial charge < -0.3 is 15.2 Å². The number of rotatable bonds is 7. The van der Waals surface area contributed by atoms with Gasteiger partial charge in [0.15, 0.2) is 0 Å². The van der Waals surface area contributed by atoms with Crippen molar-refractivity contribution in [2.45, 2.75) is 38.8 Å². The van der Waals surface area contributed by atoms with Gasteiger partial charge in [-0.25, -0.2) is 0 Å². The summed E-state index contributed by atoms with van der Waals surface area (Å²) in [5.74, 6) is 0.449. The van der Waals surface area contributed by atoms with E-state index < -0.39 is 0 Å². The molecule has 2 N–H and O–H groups in total. The average Bonchev–Trinajstić information content (AvgIpc) is 2.15. The Labute approximate surface area is 81.6 Å². The quantitative estimate of drug-likeness (QED) is 0.658. The molecule has 0 saturated heterocycles. The zero-order valence-electron chi connectivity index (χ0n) is 9.25. The summed E-state index contributed by atoms with van der Waals surface area (Å²) in [6.07, 6.45) is 2.14. The Kier molecular flexibility index (Phi) is 7.23. The summed E-state index contributed by atoms with van der Waals surface area (Å²) in [4.78, 5) is 0. The van der Waals surface area contributed by atoms with Crippen molar-refractivity contribution in [3.05, 3.63) is 0 Å². The van der Waals surface area contributed by atoms with Gasteiger partial charge in [0.05, 0.1) is 6.10 Å². The first-order chi connectivity index (χ1) is 6.17. The molecule has 13 heavy (non-hydrogen) atoms. The van der Waals surface area contributed by atoms with Gasteiger partial charge in [0, 0.05) is 26.9 Å². The molecule has 3 nitrogen and oxygen atoms in total. The predicted octanol–water partition coefficient (Wildman–Crippen LogP) is 1.41. The van der Waals surface area contributed by atoms with Gasteiger partial charge in [-0.05, 0) is 18.8 Å². The van der Waals surface area contributed by atoms with Crippen molar-refractivity contribution in [2.24, 2.45) is 11.7 Å². The van der Waals surface area contributed by atoms with Gasteiger partial charge >= 0.3 is 0 Å². The minimum atomic E-state index is 0.116. The third-order valence-corrected chi connectivity index (χ3v) is 2.57. The molecule has 3 unspecified atom stereocenters. The molecule has 0 aliphatic heterocycles. The van der Waals surface area contributed by atoms with E-state index >= 15 is 0 Å². The summed E-state index contributed by atoms with van der Waals surface area (Å²) in [6, 6.07) is 0.116. The fourth-order valence-corrected chi connectivity index (χ4v) is 1.46. The minimum Gasteiger partial charge on any atom is -0.385 e. The molecule has 0 fully saturated rings. The molecule has 0 amide bonds. The topological polar surface area (TPSA) is 44.5 Å². The van der Waals surface area contributed by atoms with Crippen LogP contribution in [0.3, 0.4) is 0 Å². The van der Waals surface area contributed by atoms with Gasteiger partial charge in [-0.15, -0.1) is 0 Å². The van der Waals surface area contributed by atoms with Crippen LogP contribution in [0.15, 0.2) is 0 Å². The molecular weight excluding hydrogens is 166 g/mol. The molecule has 3 heteroatoms. The van der Waals surface area contributed by atoms with Crippen LogP contribution in [-0.2, 0) is 9.47 Å². The normalized spacial score (nSPS) is 18.2. The number of hydrogen-bond acceptors (Lipinski definition) is 3. The van der Waals surface area contributed by atoms with E-state index in [2.05, 4.69) is 13.8 Å². The third kappa shape index (κ3) is 4.60. The first-order valence-electron chi connectivity index (χ1n) is 4.94. The van der Waals surface area contributed by atoms with Crippen LogP contribution in [0.5, 0.6) is 0 Å². The van der Waals surface area contributed by atoms with Crippen LogP contribution in [0.2, 0.25) is 0 Å². The third-order valence-electron chi connectivity index (χ3n) is 2.57. The van der Waals surface area contributed by atoms with E-state index in [9.17, 15) is 0 Å². The Morgan fingerprint density at radius 2 is 1.92 bits per heavy atom. The monoisotopic (exact) mass is 189 g/mol. The molecule has 0 aromatic carbocycles. The lowest BCUT2D eigenvalue weighted by Crippen LogP contribution is -2.41. The fraction of sp³-hybridized carbons (Fsp3) is 1.00. The van der Waals surface area contributed by atoms with E-state index in [1.165, 1.54) is 0 Å². The molecule has 0 heterocycles. The van der Waals surface area contributed by atoms with E-state index in [-0.39, 0.29) is 12.1 Å². The maximum Gasteiger partial charge on any atom is 0.0722 e. The highest BCUT2D eigenvalue weighted by molar-refractivity contribution is 4.77. The lowest BCUT2D eigenvalue weighted by molar-refractivity contribution is 0.0546. The molecule has 0 bridgehead atoms. The Morgan fingerprint density at radius 1 is 1.31 bits per heavy atom. The van der Waals surface area contributed by atoms with Crippen molar-refractivity contribution >= 4 is 0 Å². The molecule has 0 rings (SSSR count). The highest BCUT2D eigenvalue weighted by atomic mass is 16.5. The van der Waals surface area contributed by atoms with Gasteiger partial charge in [0.2, 0.25) is 0 Å². The van der Waals surface area contributed by atoms with E-state index in [0.717, 1.165) is 19.4 Å². The van der Waals surface area contributed by atoms with Crippen molar-refractivity contribution < 1.29 is 9.47 Å². The first kappa shape index (κ1) is 12.9. The lowest BCUT2D eigenvalue weighted by Gasteiger charge is -2.26. The number of nitrogens with two attached hydrogens (primary N) is 1. The van der Waals surface area contributed by atoms with Crippen LogP contribution in [0.25, 0.3) is 0 Å². The molecule has 0 aliphatic rings. The number of hydrogen-bond donors (Lipinski definition) is 1. The summed E-state index contributed by atoms with van der Waals surface area (Å²) in [6.45, 7) is 5.01. The minimum absolute atomic E-state index is 0.116. The van der Waals surface area contributed by atoms with Gasteiger partial charge in [0.25, 0.3) is 0 Å². The highest BCUT2D eigenvalue weighted by Gasteiger charge is 2.21. The summed E-state index contributed by atoms with van der Waals surface area (Å²) >= 11 is 0. The van der Waals surface area contributed by atoms with Crippen LogP contribution in [-0.4, -0.2) is 33.0 Å². The van der Waals surface area contributed by atoms with Crippen molar-refractivity contribution in [2.75, 3.05) is 20.8 Å². The molecular formula is C10H23NO2. The van der Waals surface area contributed by atoms with E-state index in [1.807, 2.05) is 0 Å². The molecule has 80 valence electrons. The van der Waals surface area contributed by atoms with E-state index in [0.29, 0.717) is 5.92 Å². The molecule has 0 aromatic heterocycles. The summed E-state index contributed by atoms with van der Waals surface area (Å²) in [5, 5.41) is 0. The second kappa shape index (κ2) is 7.30. The van der Waals surface area contributed by atoms with Crippen LogP contribution in [0, 0.1) is 5.92 Å². The molecule has 0 spiro atoms. The lowest BCUT2D eigenvalue weighted by atomic mass is 9.93. The highest BCUT2D eigenvalue weighted by Crippen LogP contribution is 2.13. The zero-order valence-corrected chi connectivity index (χ0v) is 9.25. The van der Waals surface area contributed by atoms with Gasteiger partial charge in [-0.1, -0.05) is 13.8 Å². The van der Waals surface area contributed by atoms with Crippen LogP contribution in [0.1, 0.15) is 26.7 Å². The fourth-order valence-electron chi connectivity index (χ4n) is 1.46. The standard InChI is InChI=1S/C10H23NO2/c1-5-9(13-4)10(11)8(2)6-7-12-3/h8-10H,5-7,11H2,1-4H3. The van der Waals surface area contributed by atoms with Crippen molar-refractivity contribution in [1.29, 1.82) is 0 Å². The number of ether oxygens (including phenoxy) is 2. The summed E-state index contributed by atoms with van der Waals surface area (Å²) in [5.41, 5.74) is 6.04. The van der Waals surface area contributed by atoms with Crippen molar-refractivity contribution in [3.8, 4) is 0 Å². The maximum absolute atomic E-state index is 6.04. The SMILES string of the molecule is CCC(OC)C(N)C(C)CCOC. The van der Waals surface area contributed by atoms with Crippen molar-refractivity contribution in [1.82, 2.24) is 0 Å². The van der Waals surface area contributed by atoms with E-state index in [1.54, 1.807) is 14.2 Å². The predicted molar refractivity (Wildman–Crippen MR) is 54.7 cm³/mol. The number of methoxy groups -OCH3 is 2. The first-order valence-corrected chi connectivity index (χ1v) is 4.94. The Morgan fingerprint density at radius 3 is 2.31 bits per heavy atom. The molecule has 0 radical (unpaired) electrons. The maximum atomic E-state index is 6.04. The largest absolute Gasteiger partial charge is 0.385 e. The Hall–Kier alpha value is -0.120. The van der Waals surface area contributed by atoms with Crippen molar-refractivity contribution in [3.63, 3.8) is 0 Å². The molecule has 3 atom stereocenters. The summed E-state index contributed by atoms with van der Waals surface area (Å²) in [7, 11) is 3.43. The zero-order chi connectivity index (χ0) is 10.3. The van der Waals surface area contributed by atoms with Gasteiger partial charge in [0.1, 0.15) is 0 Å². The second-order valence-electron chi connectivity index (χ2n) is 3.52. The smallest absolute Gasteiger partial charge is 0.0722 e.